The molecule has 8 N–H and O–H groups in total. The molecule has 3 heterocycles. The molecule has 0 unspecified atom stereocenters. The van der Waals surface area contributed by atoms with Crippen molar-refractivity contribution in [3.8, 4) is 22.6 Å². The Hall–Kier alpha value is -3.15. The fraction of sp³-hybridized carbons (Fsp3) is 0.444. The van der Waals surface area contributed by atoms with Gasteiger partial charge in [0, 0.05) is 6.07 Å². The molecule has 14 heteroatoms. The Kier molecular flexibility index (Phi) is 8.58. The Bertz CT molecular complexity index is 1390. The predicted octanol–water partition coefficient (Wildman–Crippen LogP) is -2.18. The van der Waals surface area contributed by atoms with Crippen molar-refractivity contribution in [3.63, 3.8) is 0 Å². The van der Waals surface area contributed by atoms with E-state index in [1.807, 2.05) is 0 Å². The number of aliphatic hydroxyl groups excluding tert-OH is 8. The average molecular weight is 579 g/mol. The molecule has 0 amide bonds. The van der Waals surface area contributed by atoms with Crippen LogP contribution in [0.1, 0.15) is 0 Å². The molecule has 2 saturated heterocycles. The maximum absolute atomic E-state index is 13.2. The zero-order valence-electron chi connectivity index (χ0n) is 21.3. The number of ether oxygens (including phenoxy) is 4. The SMILES string of the molecule is O=c1c(-c2ccc(O[C@@H]3O[C@H](CO)[C@@H](O)[C@@H](O)[C@H]3O)cc2)coc2cc(O[C@@H]3O[C@H](CO)[C@@H](O)[C@@H](O)[C@H]3O)ccc12. The van der Waals surface area contributed by atoms with Crippen LogP contribution in [0.5, 0.6) is 11.5 Å². The third-order valence-corrected chi connectivity index (χ3v) is 7.11. The first kappa shape index (κ1) is 29.3. The van der Waals surface area contributed by atoms with E-state index in [4.69, 9.17) is 23.4 Å². The normalized spacial score (nSPS) is 34.0. The molecule has 2 aromatic carbocycles. The van der Waals surface area contributed by atoms with Gasteiger partial charge in [0.15, 0.2) is 5.43 Å². The van der Waals surface area contributed by atoms with E-state index in [9.17, 15) is 45.6 Å². The topological polar surface area (TPSA) is 229 Å². The van der Waals surface area contributed by atoms with Crippen molar-refractivity contribution in [3.05, 3.63) is 59.0 Å². The van der Waals surface area contributed by atoms with Gasteiger partial charge in [-0.1, -0.05) is 12.1 Å². The van der Waals surface area contributed by atoms with Crippen molar-refractivity contribution >= 4 is 11.0 Å². The highest BCUT2D eigenvalue weighted by molar-refractivity contribution is 5.82. The Labute approximate surface area is 231 Å². The van der Waals surface area contributed by atoms with Gasteiger partial charge in [-0.15, -0.1) is 0 Å². The fourth-order valence-corrected chi connectivity index (χ4v) is 4.69. The zero-order chi connectivity index (χ0) is 29.4. The number of hydrogen-bond acceptors (Lipinski definition) is 14. The van der Waals surface area contributed by atoms with Crippen LogP contribution in [0.3, 0.4) is 0 Å². The van der Waals surface area contributed by atoms with E-state index in [1.54, 1.807) is 12.1 Å². The Morgan fingerprint density at radius 2 is 1.17 bits per heavy atom. The number of aliphatic hydroxyl groups is 8. The third kappa shape index (κ3) is 5.67. The number of benzene rings is 2. The summed E-state index contributed by atoms with van der Waals surface area (Å²) in [7, 11) is 0. The van der Waals surface area contributed by atoms with Crippen molar-refractivity contribution in [1.82, 2.24) is 0 Å². The van der Waals surface area contributed by atoms with Crippen LogP contribution in [0.2, 0.25) is 0 Å². The first-order chi connectivity index (χ1) is 19.6. The number of fused-ring (bicyclic) bond motifs is 1. The first-order valence-electron chi connectivity index (χ1n) is 12.7. The van der Waals surface area contributed by atoms with Crippen LogP contribution < -0.4 is 14.9 Å². The standard InChI is InChI=1S/C27H30O14/c28-8-17-20(31)22(33)24(35)26(40-17)38-12-3-1-11(2-4-12)15-10-37-16-7-13(5-6-14(16)19(15)30)39-27-25(36)23(34)21(32)18(9-29)41-27/h1-7,10,17-18,20-29,31-36H,8-9H2/t17-,18-,20-,21-,22-,23-,24-,25-,26-,27-/m1/s1. The fourth-order valence-electron chi connectivity index (χ4n) is 4.69. The summed E-state index contributed by atoms with van der Waals surface area (Å²) in [5.41, 5.74) is 0.486. The van der Waals surface area contributed by atoms with Gasteiger partial charge in [0.2, 0.25) is 12.6 Å². The van der Waals surface area contributed by atoms with Crippen LogP contribution in [0.15, 0.2) is 57.9 Å². The molecule has 1 aromatic heterocycles. The predicted molar refractivity (Wildman–Crippen MR) is 137 cm³/mol. The Morgan fingerprint density at radius 3 is 1.71 bits per heavy atom. The highest BCUT2D eigenvalue weighted by Crippen LogP contribution is 2.29. The molecule has 222 valence electrons. The van der Waals surface area contributed by atoms with Crippen LogP contribution in [0.4, 0.5) is 0 Å². The van der Waals surface area contributed by atoms with Crippen molar-refractivity contribution in [1.29, 1.82) is 0 Å². The van der Waals surface area contributed by atoms with E-state index in [0.29, 0.717) is 5.56 Å². The molecule has 3 aromatic rings. The third-order valence-electron chi connectivity index (χ3n) is 7.11. The van der Waals surface area contributed by atoms with Crippen molar-refractivity contribution in [2.45, 2.75) is 61.4 Å². The lowest BCUT2D eigenvalue weighted by atomic mass is 9.99. The smallest absolute Gasteiger partial charge is 0.229 e. The Balaban J connectivity index is 1.31. The highest BCUT2D eigenvalue weighted by atomic mass is 16.7. The number of hydrogen-bond donors (Lipinski definition) is 8. The van der Waals surface area contributed by atoms with Gasteiger partial charge in [0.25, 0.3) is 0 Å². The van der Waals surface area contributed by atoms with Gasteiger partial charge in [-0.05, 0) is 29.8 Å². The second-order valence-corrected chi connectivity index (χ2v) is 9.79. The van der Waals surface area contributed by atoms with Crippen molar-refractivity contribution in [2.75, 3.05) is 13.2 Å². The highest BCUT2D eigenvalue weighted by Gasteiger charge is 2.45. The van der Waals surface area contributed by atoms with Gasteiger partial charge in [-0.3, -0.25) is 4.79 Å². The molecular weight excluding hydrogens is 548 g/mol. The van der Waals surface area contributed by atoms with Crippen LogP contribution >= 0.6 is 0 Å². The lowest BCUT2D eigenvalue weighted by molar-refractivity contribution is -0.277. The molecule has 2 aliphatic heterocycles. The minimum Gasteiger partial charge on any atom is -0.463 e. The lowest BCUT2D eigenvalue weighted by Gasteiger charge is -2.39. The second kappa shape index (κ2) is 12.0. The molecule has 0 saturated carbocycles. The van der Waals surface area contributed by atoms with Crippen molar-refractivity contribution in [2.24, 2.45) is 0 Å². The van der Waals surface area contributed by atoms with E-state index in [-0.39, 0.29) is 33.5 Å². The Morgan fingerprint density at radius 1 is 0.659 bits per heavy atom. The van der Waals surface area contributed by atoms with Crippen LogP contribution in [-0.4, -0.2) is 115 Å². The van der Waals surface area contributed by atoms with E-state index in [0.717, 1.165) is 0 Å². The zero-order valence-corrected chi connectivity index (χ0v) is 21.3. The summed E-state index contributed by atoms with van der Waals surface area (Å²) < 4.78 is 27.5. The van der Waals surface area contributed by atoms with Gasteiger partial charge in [0.1, 0.15) is 72.2 Å². The summed E-state index contributed by atoms with van der Waals surface area (Å²) in [4.78, 5) is 13.2. The minimum atomic E-state index is -1.61. The van der Waals surface area contributed by atoms with E-state index in [1.165, 1.54) is 36.6 Å². The molecule has 0 radical (unpaired) electrons. The van der Waals surface area contributed by atoms with E-state index >= 15 is 0 Å². The second-order valence-electron chi connectivity index (χ2n) is 9.79. The lowest BCUT2D eigenvalue weighted by Crippen LogP contribution is -2.60. The maximum Gasteiger partial charge on any atom is 0.229 e. The molecule has 0 aliphatic carbocycles. The molecular formula is C27H30O14. The van der Waals surface area contributed by atoms with Gasteiger partial charge in [-0.25, -0.2) is 0 Å². The largest absolute Gasteiger partial charge is 0.463 e. The molecule has 2 aliphatic rings. The quantitative estimate of drug-likeness (QED) is 0.149. The monoisotopic (exact) mass is 578 g/mol. The van der Waals surface area contributed by atoms with Gasteiger partial charge >= 0.3 is 0 Å². The molecule has 5 rings (SSSR count). The summed E-state index contributed by atoms with van der Waals surface area (Å²) in [6.07, 6.45) is -13.2. The van der Waals surface area contributed by atoms with Gasteiger partial charge < -0.3 is 64.2 Å². The van der Waals surface area contributed by atoms with Crippen LogP contribution in [-0.2, 0) is 9.47 Å². The van der Waals surface area contributed by atoms with Gasteiger partial charge in [0.05, 0.1) is 24.2 Å². The van der Waals surface area contributed by atoms with E-state index in [2.05, 4.69) is 0 Å². The summed E-state index contributed by atoms with van der Waals surface area (Å²) in [5.74, 6) is 0.352. The average Bonchev–Trinajstić information content (AvgIpc) is 2.98. The molecule has 14 nitrogen and oxygen atoms in total. The van der Waals surface area contributed by atoms with E-state index < -0.39 is 74.6 Å². The summed E-state index contributed by atoms with van der Waals surface area (Å²) in [6.45, 7) is -1.20. The molecule has 10 atom stereocenters. The van der Waals surface area contributed by atoms with Crippen LogP contribution in [0, 0.1) is 0 Å². The summed E-state index contributed by atoms with van der Waals surface area (Å²) in [6, 6.07) is 10.4. The molecule has 0 spiro atoms. The minimum absolute atomic E-state index is 0.132. The summed E-state index contributed by atoms with van der Waals surface area (Å²) >= 11 is 0. The first-order valence-corrected chi connectivity index (χ1v) is 12.7. The molecule has 0 bridgehead atoms. The number of rotatable bonds is 7. The molecule has 41 heavy (non-hydrogen) atoms. The van der Waals surface area contributed by atoms with Gasteiger partial charge in [-0.2, -0.15) is 0 Å². The maximum atomic E-state index is 13.2. The summed E-state index contributed by atoms with van der Waals surface area (Å²) in [5, 5.41) is 79.0. The van der Waals surface area contributed by atoms with Crippen molar-refractivity contribution < 1.29 is 64.2 Å². The van der Waals surface area contributed by atoms with Crippen LogP contribution in [0.25, 0.3) is 22.1 Å². The molecule has 2 fully saturated rings.